The highest BCUT2D eigenvalue weighted by atomic mass is 35.5. The average Bonchev–Trinajstić information content (AvgIpc) is 2.38. The van der Waals surface area contributed by atoms with Gasteiger partial charge >= 0.3 is 0 Å². The maximum Gasteiger partial charge on any atom is 0.181 e. The molecule has 0 bridgehead atoms. The molecule has 1 N–H and O–H groups in total. The third-order valence-electron chi connectivity index (χ3n) is 2.48. The molecular formula is C14H11ClFNO. The van der Waals surface area contributed by atoms with E-state index in [1.54, 1.807) is 12.1 Å². The van der Waals surface area contributed by atoms with Gasteiger partial charge < -0.3 is 5.32 Å². The van der Waals surface area contributed by atoms with E-state index in [-0.39, 0.29) is 18.1 Å². The van der Waals surface area contributed by atoms with Crippen molar-refractivity contribution in [2.24, 2.45) is 0 Å². The van der Waals surface area contributed by atoms with Gasteiger partial charge in [-0.3, -0.25) is 4.79 Å². The van der Waals surface area contributed by atoms with E-state index in [4.69, 9.17) is 11.6 Å². The van der Waals surface area contributed by atoms with Crippen LogP contribution < -0.4 is 5.32 Å². The number of halogens is 2. The number of hydrogen-bond donors (Lipinski definition) is 1. The number of Topliss-reactive ketones (excluding diaryl/α,β-unsaturated/α-hetero) is 1. The van der Waals surface area contributed by atoms with E-state index in [2.05, 4.69) is 5.32 Å². The normalized spacial score (nSPS) is 10.1. The van der Waals surface area contributed by atoms with Crippen molar-refractivity contribution in [3.05, 3.63) is 64.9 Å². The van der Waals surface area contributed by atoms with Crippen molar-refractivity contribution < 1.29 is 9.18 Å². The van der Waals surface area contributed by atoms with Gasteiger partial charge in [0.1, 0.15) is 5.82 Å². The van der Waals surface area contributed by atoms with Crippen LogP contribution in [0.2, 0.25) is 5.02 Å². The molecular weight excluding hydrogens is 253 g/mol. The summed E-state index contributed by atoms with van der Waals surface area (Å²) in [7, 11) is 0. The van der Waals surface area contributed by atoms with Crippen LogP contribution in [-0.2, 0) is 0 Å². The standard InChI is InChI=1S/C14H11ClFNO/c15-12-3-1-2-4-13(12)17-9-14(18)10-5-7-11(16)8-6-10/h1-8,17H,9H2. The van der Waals surface area contributed by atoms with Crippen LogP contribution >= 0.6 is 11.6 Å². The Balaban J connectivity index is 2.01. The largest absolute Gasteiger partial charge is 0.376 e. The van der Waals surface area contributed by atoms with Crippen LogP contribution in [0.15, 0.2) is 48.5 Å². The minimum Gasteiger partial charge on any atom is -0.376 e. The number of para-hydroxylation sites is 1. The molecule has 2 rings (SSSR count). The highest BCUT2D eigenvalue weighted by molar-refractivity contribution is 6.33. The van der Waals surface area contributed by atoms with E-state index in [0.29, 0.717) is 16.3 Å². The molecule has 0 amide bonds. The number of carbonyl (C=O) groups excluding carboxylic acids is 1. The minimum absolute atomic E-state index is 0.116. The maximum absolute atomic E-state index is 12.7. The zero-order chi connectivity index (χ0) is 13.0. The Morgan fingerprint density at radius 3 is 2.44 bits per heavy atom. The van der Waals surface area contributed by atoms with Crippen molar-refractivity contribution in [2.75, 3.05) is 11.9 Å². The first-order chi connectivity index (χ1) is 8.66. The van der Waals surface area contributed by atoms with E-state index in [1.165, 1.54) is 24.3 Å². The molecule has 0 aliphatic rings. The minimum atomic E-state index is -0.356. The van der Waals surface area contributed by atoms with Gasteiger partial charge in [0.25, 0.3) is 0 Å². The molecule has 0 unspecified atom stereocenters. The second kappa shape index (κ2) is 5.65. The average molecular weight is 264 g/mol. The Morgan fingerprint density at radius 1 is 1.11 bits per heavy atom. The smallest absolute Gasteiger partial charge is 0.181 e. The van der Waals surface area contributed by atoms with Gasteiger partial charge in [-0.15, -0.1) is 0 Å². The van der Waals surface area contributed by atoms with Crippen LogP contribution in [0.25, 0.3) is 0 Å². The first-order valence-corrected chi connectivity index (χ1v) is 5.82. The van der Waals surface area contributed by atoms with E-state index >= 15 is 0 Å². The highest BCUT2D eigenvalue weighted by Crippen LogP contribution is 2.20. The molecule has 2 nitrogen and oxygen atoms in total. The first kappa shape index (κ1) is 12.6. The number of anilines is 1. The van der Waals surface area contributed by atoms with Crippen molar-refractivity contribution in [1.29, 1.82) is 0 Å². The number of rotatable bonds is 4. The molecule has 0 aliphatic heterocycles. The zero-order valence-electron chi connectivity index (χ0n) is 9.49. The lowest BCUT2D eigenvalue weighted by Gasteiger charge is -2.07. The molecule has 0 radical (unpaired) electrons. The van der Waals surface area contributed by atoms with E-state index in [9.17, 15) is 9.18 Å². The quantitative estimate of drug-likeness (QED) is 0.851. The lowest BCUT2D eigenvalue weighted by Crippen LogP contribution is -2.14. The highest BCUT2D eigenvalue weighted by Gasteiger charge is 2.06. The fraction of sp³-hybridized carbons (Fsp3) is 0.0714. The molecule has 0 saturated carbocycles. The Hall–Kier alpha value is -1.87. The summed E-state index contributed by atoms with van der Waals surface area (Å²) in [6.45, 7) is 0.120. The van der Waals surface area contributed by atoms with Gasteiger partial charge in [-0.2, -0.15) is 0 Å². The molecule has 18 heavy (non-hydrogen) atoms. The molecule has 0 heterocycles. The second-order valence-electron chi connectivity index (χ2n) is 3.76. The predicted octanol–water partition coefficient (Wildman–Crippen LogP) is 3.77. The fourth-order valence-electron chi connectivity index (χ4n) is 1.52. The van der Waals surface area contributed by atoms with Crippen LogP contribution in [0.3, 0.4) is 0 Å². The van der Waals surface area contributed by atoms with Crippen LogP contribution in [0.5, 0.6) is 0 Å². The molecule has 92 valence electrons. The molecule has 0 atom stereocenters. The summed E-state index contributed by atoms with van der Waals surface area (Å²) in [6.07, 6.45) is 0. The SMILES string of the molecule is O=C(CNc1ccccc1Cl)c1ccc(F)cc1. The summed E-state index contributed by atoms with van der Waals surface area (Å²) in [5.74, 6) is -0.472. The summed E-state index contributed by atoms with van der Waals surface area (Å²) in [6, 6.07) is 12.6. The number of nitrogens with one attached hydrogen (secondary N) is 1. The maximum atomic E-state index is 12.7. The summed E-state index contributed by atoms with van der Waals surface area (Å²) in [5.41, 5.74) is 1.17. The van der Waals surface area contributed by atoms with E-state index in [0.717, 1.165) is 0 Å². The van der Waals surface area contributed by atoms with Gasteiger partial charge in [-0.25, -0.2) is 4.39 Å². The van der Waals surface area contributed by atoms with Gasteiger partial charge in [0.05, 0.1) is 17.3 Å². The number of ketones is 1. The molecule has 0 saturated heterocycles. The number of benzene rings is 2. The molecule has 0 aromatic heterocycles. The van der Waals surface area contributed by atoms with Gasteiger partial charge in [0.15, 0.2) is 5.78 Å². The zero-order valence-corrected chi connectivity index (χ0v) is 10.2. The van der Waals surface area contributed by atoms with E-state index < -0.39 is 0 Å². The van der Waals surface area contributed by atoms with Gasteiger partial charge in [0, 0.05) is 5.56 Å². The Morgan fingerprint density at radius 2 is 1.78 bits per heavy atom. The fourth-order valence-corrected chi connectivity index (χ4v) is 1.72. The lowest BCUT2D eigenvalue weighted by molar-refractivity contribution is 0.101. The van der Waals surface area contributed by atoms with Crippen molar-refractivity contribution in [2.45, 2.75) is 0 Å². The molecule has 2 aromatic carbocycles. The summed E-state index contributed by atoms with van der Waals surface area (Å²) in [5, 5.41) is 3.51. The molecule has 0 fully saturated rings. The molecule has 2 aromatic rings. The van der Waals surface area contributed by atoms with Crippen LogP contribution in [0.4, 0.5) is 10.1 Å². The lowest BCUT2D eigenvalue weighted by atomic mass is 10.1. The second-order valence-corrected chi connectivity index (χ2v) is 4.17. The van der Waals surface area contributed by atoms with Crippen molar-refractivity contribution in [3.8, 4) is 0 Å². The van der Waals surface area contributed by atoms with E-state index in [1.807, 2.05) is 12.1 Å². The summed E-state index contributed by atoms with van der Waals surface area (Å²) < 4.78 is 12.7. The number of hydrogen-bond acceptors (Lipinski definition) is 2. The molecule has 0 aliphatic carbocycles. The number of carbonyl (C=O) groups is 1. The van der Waals surface area contributed by atoms with Crippen LogP contribution in [0.1, 0.15) is 10.4 Å². The summed E-state index contributed by atoms with van der Waals surface area (Å²) in [4.78, 5) is 11.8. The Kier molecular flexibility index (Phi) is 3.95. The van der Waals surface area contributed by atoms with Crippen molar-refractivity contribution in [1.82, 2.24) is 0 Å². The predicted molar refractivity (Wildman–Crippen MR) is 70.7 cm³/mol. The van der Waals surface area contributed by atoms with Crippen molar-refractivity contribution in [3.63, 3.8) is 0 Å². The molecule has 0 spiro atoms. The van der Waals surface area contributed by atoms with Crippen molar-refractivity contribution >= 4 is 23.1 Å². The summed E-state index contributed by atoms with van der Waals surface area (Å²) >= 11 is 5.95. The Labute approximate surface area is 109 Å². The van der Waals surface area contributed by atoms with Gasteiger partial charge in [-0.05, 0) is 36.4 Å². The molecule has 4 heteroatoms. The monoisotopic (exact) mass is 263 g/mol. The topological polar surface area (TPSA) is 29.1 Å². The van der Waals surface area contributed by atoms with Crippen LogP contribution in [-0.4, -0.2) is 12.3 Å². The third-order valence-corrected chi connectivity index (χ3v) is 2.81. The first-order valence-electron chi connectivity index (χ1n) is 5.44. The Bertz CT molecular complexity index is 554. The van der Waals surface area contributed by atoms with Crippen LogP contribution in [0, 0.1) is 5.82 Å². The third kappa shape index (κ3) is 3.08. The van der Waals surface area contributed by atoms with Gasteiger partial charge in [0.2, 0.25) is 0 Å². The van der Waals surface area contributed by atoms with Gasteiger partial charge in [-0.1, -0.05) is 23.7 Å².